The van der Waals surface area contributed by atoms with E-state index in [1.54, 1.807) is 12.1 Å². The number of nitrogens with zero attached hydrogens (tertiary/aromatic N) is 1. The highest BCUT2D eigenvalue weighted by molar-refractivity contribution is 6.33. The Hall–Kier alpha value is -1.00. The lowest BCUT2D eigenvalue weighted by molar-refractivity contribution is 1.72. The Labute approximate surface area is 58.7 Å². The molecule has 0 aliphatic carbocycles. The van der Waals surface area contributed by atoms with Gasteiger partial charge in [0.15, 0.2) is 0 Å². The summed E-state index contributed by atoms with van der Waals surface area (Å²) < 4.78 is 0. The lowest BCUT2D eigenvalue weighted by atomic mass is 10.3. The number of halogens is 1. The van der Waals surface area contributed by atoms with Gasteiger partial charge in [0.1, 0.15) is 5.02 Å². The molecule has 1 nitrogen and oxygen atoms in total. The molecule has 0 unspecified atom stereocenters. The summed E-state index contributed by atoms with van der Waals surface area (Å²) in [6, 6.07) is 7.16. The van der Waals surface area contributed by atoms with Crippen molar-refractivity contribution in [2.45, 2.75) is 0 Å². The van der Waals surface area contributed by atoms with E-state index >= 15 is 0 Å². The van der Waals surface area contributed by atoms with Crippen molar-refractivity contribution in [3.8, 4) is 6.57 Å². The first-order valence-corrected chi connectivity index (χ1v) is 2.88. The molecule has 1 aromatic carbocycles. The summed E-state index contributed by atoms with van der Waals surface area (Å²) in [6.45, 7) is 4.99. The lowest BCUT2D eigenvalue weighted by Crippen LogP contribution is -1.60. The van der Waals surface area contributed by atoms with Gasteiger partial charge in [-0.15, -0.1) is 0 Å². The second-order valence-corrected chi connectivity index (χ2v) is 1.99. The average Bonchev–Trinajstić information content (AvgIpc) is 1.89. The fourth-order valence-electron chi connectivity index (χ4n) is 0.556. The van der Waals surface area contributed by atoms with E-state index in [2.05, 4.69) is 4.85 Å². The standard InChI is InChI=1S/C7H5ClN/c1-9-7-5-3-2-4-6(7)8/h1-5H/q+1. The van der Waals surface area contributed by atoms with Crippen molar-refractivity contribution in [2.24, 2.45) is 0 Å². The highest BCUT2D eigenvalue weighted by Crippen LogP contribution is 2.22. The number of para-hydroxylation sites is 1. The van der Waals surface area contributed by atoms with Crippen LogP contribution in [0.15, 0.2) is 24.3 Å². The van der Waals surface area contributed by atoms with Crippen molar-refractivity contribution in [1.82, 2.24) is 0 Å². The van der Waals surface area contributed by atoms with E-state index in [-0.39, 0.29) is 0 Å². The van der Waals surface area contributed by atoms with E-state index in [4.69, 9.17) is 18.2 Å². The summed E-state index contributed by atoms with van der Waals surface area (Å²) in [5.41, 5.74) is 0.624. The van der Waals surface area contributed by atoms with Crippen LogP contribution >= 0.6 is 11.6 Å². The van der Waals surface area contributed by atoms with Crippen molar-refractivity contribution in [2.75, 3.05) is 0 Å². The predicted octanol–water partition coefficient (Wildman–Crippen LogP) is 2.93. The summed E-state index contributed by atoms with van der Waals surface area (Å²) in [4.78, 5) is 3.44. The lowest BCUT2D eigenvalue weighted by Gasteiger charge is -1.80. The van der Waals surface area contributed by atoms with Crippen molar-refractivity contribution in [1.29, 1.82) is 0 Å². The highest BCUT2D eigenvalue weighted by atomic mass is 35.5. The van der Waals surface area contributed by atoms with Crippen LogP contribution in [0.4, 0.5) is 5.69 Å². The average molecular weight is 139 g/mol. The van der Waals surface area contributed by atoms with Gasteiger partial charge in [-0.2, -0.15) is 0 Å². The molecule has 1 rings (SSSR count). The molecular formula is C7H5ClN+. The van der Waals surface area contributed by atoms with Gasteiger partial charge >= 0.3 is 5.69 Å². The molecule has 0 radical (unpaired) electrons. The molecule has 0 bridgehead atoms. The minimum Gasteiger partial charge on any atom is -0.0756 e. The monoisotopic (exact) mass is 138 g/mol. The van der Waals surface area contributed by atoms with E-state index in [1.165, 1.54) is 0 Å². The van der Waals surface area contributed by atoms with E-state index in [0.29, 0.717) is 10.7 Å². The molecule has 0 amide bonds. The first-order valence-electron chi connectivity index (χ1n) is 2.50. The Bertz CT molecular complexity index is 249. The van der Waals surface area contributed by atoms with Crippen molar-refractivity contribution in [3.63, 3.8) is 0 Å². The summed E-state index contributed by atoms with van der Waals surface area (Å²) in [6.07, 6.45) is 0. The molecule has 0 aliphatic heterocycles. The van der Waals surface area contributed by atoms with Crippen LogP contribution in [-0.2, 0) is 0 Å². The zero-order chi connectivity index (χ0) is 6.69. The maximum atomic E-state index is 5.65. The molecule has 0 N–H and O–H groups in total. The van der Waals surface area contributed by atoms with Gasteiger partial charge in [-0.05, 0) is 10.9 Å². The first kappa shape index (κ1) is 6.12. The molecule has 0 saturated carbocycles. The topological polar surface area (TPSA) is 4.36 Å². The smallest absolute Gasteiger partial charge is 0.0756 e. The van der Waals surface area contributed by atoms with Crippen molar-refractivity contribution in [3.05, 3.63) is 34.1 Å². The van der Waals surface area contributed by atoms with E-state index < -0.39 is 0 Å². The van der Waals surface area contributed by atoms with Crippen LogP contribution in [-0.4, -0.2) is 0 Å². The Kier molecular flexibility index (Phi) is 1.72. The van der Waals surface area contributed by atoms with E-state index in [0.717, 1.165) is 0 Å². The third kappa shape index (κ3) is 1.22. The Morgan fingerprint density at radius 1 is 1.33 bits per heavy atom. The van der Waals surface area contributed by atoms with Gasteiger partial charge in [0.25, 0.3) is 6.57 Å². The minimum absolute atomic E-state index is 0.583. The molecule has 0 aromatic heterocycles. The number of hydrogen-bond acceptors (Lipinski definition) is 0. The summed E-state index contributed by atoms with van der Waals surface area (Å²) in [5.74, 6) is 0. The second kappa shape index (κ2) is 2.52. The van der Waals surface area contributed by atoms with Gasteiger partial charge in [-0.3, -0.25) is 0 Å². The Morgan fingerprint density at radius 3 is 2.44 bits per heavy atom. The molecule has 0 spiro atoms. The largest absolute Gasteiger partial charge is 0.358 e. The molecule has 0 atom stereocenters. The predicted molar refractivity (Wildman–Crippen MR) is 39.4 cm³/mol. The molecule has 9 heavy (non-hydrogen) atoms. The molecule has 0 aliphatic rings. The quantitative estimate of drug-likeness (QED) is 0.519. The van der Waals surface area contributed by atoms with Gasteiger partial charge in [-0.25, -0.2) is 0 Å². The molecule has 0 fully saturated rings. The first-order chi connectivity index (χ1) is 4.34. The van der Waals surface area contributed by atoms with Gasteiger partial charge < -0.3 is 0 Å². The van der Waals surface area contributed by atoms with Crippen LogP contribution in [0.3, 0.4) is 0 Å². The van der Waals surface area contributed by atoms with Crippen molar-refractivity contribution >= 4 is 17.3 Å². The van der Waals surface area contributed by atoms with Crippen LogP contribution in [0.1, 0.15) is 0 Å². The van der Waals surface area contributed by atoms with Crippen molar-refractivity contribution < 1.29 is 0 Å². The van der Waals surface area contributed by atoms with Crippen LogP contribution < -0.4 is 0 Å². The van der Waals surface area contributed by atoms with Gasteiger partial charge in [0.2, 0.25) is 0 Å². The molecule has 1 aromatic rings. The van der Waals surface area contributed by atoms with Crippen LogP contribution in [0.2, 0.25) is 5.02 Å². The fourth-order valence-corrected chi connectivity index (χ4v) is 0.741. The summed E-state index contributed by atoms with van der Waals surface area (Å²) >= 11 is 5.65. The van der Waals surface area contributed by atoms with Crippen LogP contribution in [0.5, 0.6) is 0 Å². The molecule has 2 heteroatoms. The van der Waals surface area contributed by atoms with E-state index in [9.17, 15) is 0 Å². The molecule has 0 saturated heterocycles. The summed E-state index contributed by atoms with van der Waals surface area (Å²) in [5, 5.41) is 0.583. The number of benzene rings is 1. The third-order valence-electron chi connectivity index (χ3n) is 0.992. The maximum absolute atomic E-state index is 5.65. The van der Waals surface area contributed by atoms with Gasteiger partial charge in [0, 0.05) is 6.07 Å². The minimum atomic E-state index is 0.583. The van der Waals surface area contributed by atoms with E-state index in [1.807, 2.05) is 12.1 Å². The zero-order valence-corrected chi connectivity index (χ0v) is 5.47. The Morgan fingerprint density at radius 2 is 2.00 bits per heavy atom. The molecule has 44 valence electrons. The van der Waals surface area contributed by atoms with Gasteiger partial charge in [-0.1, -0.05) is 23.7 Å². The van der Waals surface area contributed by atoms with Crippen LogP contribution in [0, 0.1) is 6.57 Å². The van der Waals surface area contributed by atoms with Gasteiger partial charge in [0.05, 0.1) is 0 Å². The maximum Gasteiger partial charge on any atom is 0.358 e. The fraction of sp³-hybridized carbons (Fsp3) is 0. The SMILES string of the molecule is C#[N+]c1ccccc1Cl. The Balaban J connectivity index is 3.20. The number of hydrogen-bond donors (Lipinski definition) is 0. The molecular weight excluding hydrogens is 134 g/mol. The third-order valence-corrected chi connectivity index (χ3v) is 1.31. The zero-order valence-electron chi connectivity index (χ0n) is 4.71. The highest BCUT2D eigenvalue weighted by Gasteiger charge is 2.03. The number of rotatable bonds is 0. The summed E-state index contributed by atoms with van der Waals surface area (Å²) in [7, 11) is 0. The second-order valence-electron chi connectivity index (χ2n) is 1.58. The normalized spacial score (nSPS) is 8.44. The molecule has 0 heterocycles. The van der Waals surface area contributed by atoms with Crippen LogP contribution in [0.25, 0.3) is 4.85 Å².